The highest BCUT2D eigenvalue weighted by Crippen LogP contribution is 2.33. The van der Waals surface area contributed by atoms with E-state index in [1.54, 1.807) is 6.07 Å². The Hall–Kier alpha value is -1.37. The van der Waals surface area contributed by atoms with Crippen molar-refractivity contribution in [3.8, 4) is 5.75 Å². The molecule has 0 spiro atoms. The average Bonchev–Trinajstić information content (AvgIpc) is 2.43. The van der Waals surface area contributed by atoms with Crippen molar-refractivity contribution in [1.29, 1.82) is 0 Å². The zero-order chi connectivity index (χ0) is 14.5. The van der Waals surface area contributed by atoms with Crippen LogP contribution >= 0.6 is 11.6 Å². The zero-order valence-corrected chi connectivity index (χ0v) is 11.8. The van der Waals surface area contributed by atoms with Crippen LogP contribution in [0.25, 0.3) is 0 Å². The first-order valence-electron chi connectivity index (χ1n) is 6.54. The number of aryl methyl sites for hydroxylation is 1. The quantitative estimate of drug-likeness (QED) is 0.666. The molecule has 0 atom stereocenters. The third kappa shape index (κ3) is 3.82. The molecule has 1 fully saturated rings. The number of phenolic OH excluding ortho intramolecular Hbond substituents is 1. The van der Waals surface area contributed by atoms with Crippen LogP contribution in [0, 0.1) is 10.1 Å². The average molecular weight is 301 g/mol. The van der Waals surface area contributed by atoms with Gasteiger partial charge in [-0.05, 0) is 25.5 Å². The lowest BCUT2D eigenvalue weighted by molar-refractivity contribution is -0.385. The Morgan fingerprint density at radius 3 is 2.75 bits per heavy atom. The summed E-state index contributed by atoms with van der Waals surface area (Å²) in [6.07, 6.45) is 1.37. The monoisotopic (exact) mass is 300 g/mol. The van der Waals surface area contributed by atoms with E-state index in [9.17, 15) is 15.2 Å². The molecular weight excluding hydrogens is 284 g/mol. The molecule has 2 rings (SSSR count). The van der Waals surface area contributed by atoms with E-state index in [2.05, 4.69) is 4.90 Å². The predicted octanol–water partition coefficient (Wildman–Crippen LogP) is 2.22. The van der Waals surface area contributed by atoms with Crippen molar-refractivity contribution in [2.75, 3.05) is 32.8 Å². The fraction of sp³-hybridized carbons (Fsp3) is 0.538. The highest BCUT2D eigenvalue weighted by molar-refractivity contribution is 6.31. The van der Waals surface area contributed by atoms with Gasteiger partial charge in [-0.3, -0.25) is 15.0 Å². The van der Waals surface area contributed by atoms with Gasteiger partial charge in [-0.2, -0.15) is 0 Å². The van der Waals surface area contributed by atoms with Crippen molar-refractivity contribution in [2.45, 2.75) is 12.8 Å². The number of hydrogen-bond acceptors (Lipinski definition) is 5. The molecule has 1 N–H and O–H groups in total. The number of nitro groups is 1. The van der Waals surface area contributed by atoms with Gasteiger partial charge in [0.15, 0.2) is 5.75 Å². The molecule has 1 saturated heterocycles. The van der Waals surface area contributed by atoms with Crippen LogP contribution in [0.1, 0.15) is 12.0 Å². The SMILES string of the molecule is O=[N+]([O-])c1cc(Cl)cc(CCCN2CCOCC2)c1O. The summed E-state index contributed by atoms with van der Waals surface area (Å²) >= 11 is 5.85. The van der Waals surface area contributed by atoms with Crippen LogP contribution in [0.4, 0.5) is 5.69 Å². The number of nitrogens with zero attached hydrogens (tertiary/aromatic N) is 2. The molecule has 0 amide bonds. The molecule has 1 aromatic carbocycles. The normalized spacial score (nSPS) is 16.2. The van der Waals surface area contributed by atoms with E-state index in [1.807, 2.05) is 0 Å². The highest BCUT2D eigenvalue weighted by atomic mass is 35.5. The molecule has 0 unspecified atom stereocenters. The van der Waals surface area contributed by atoms with Crippen LogP contribution in [0.5, 0.6) is 5.75 Å². The van der Waals surface area contributed by atoms with Gasteiger partial charge in [0.05, 0.1) is 18.1 Å². The maximum atomic E-state index is 10.8. The highest BCUT2D eigenvalue weighted by Gasteiger charge is 2.18. The number of rotatable bonds is 5. The van der Waals surface area contributed by atoms with Gasteiger partial charge < -0.3 is 9.84 Å². The molecule has 6 nitrogen and oxygen atoms in total. The Kier molecular flexibility index (Phi) is 5.17. The summed E-state index contributed by atoms with van der Waals surface area (Å²) in [5.41, 5.74) is 0.191. The molecular formula is C13H17ClN2O4. The van der Waals surface area contributed by atoms with Gasteiger partial charge >= 0.3 is 5.69 Å². The van der Waals surface area contributed by atoms with Gasteiger partial charge in [0, 0.05) is 29.7 Å². The van der Waals surface area contributed by atoms with E-state index >= 15 is 0 Å². The van der Waals surface area contributed by atoms with Crippen molar-refractivity contribution in [1.82, 2.24) is 4.90 Å². The van der Waals surface area contributed by atoms with Crippen molar-refractivity contribution < 1.29 is 14.8 Å². The molecule has 110 valence electrons. The zero-order valence-electron chi connectivity index (χ0n) is 11.0. The van der Waals surface area contributed by atoms with E-state index in [4.69, 9.17) is 16.3 Å². The van der Waals surface area contributed by atoms with Gasteiger partial charge in [-0.15, -0.1) is 0 Å². The van der Waals surface area contributed by atoms with Crippen LogP contribution in [0.2, 0.25) is 5.02 Å². The first kappa shape index (κ1) is 15.0. The van der Waals surface area contributed by atoms with Crippen LogP contribution in [0.3, 0.4) is 0 Å². The maximum absolute atomic E-state index is 10.8. The lowest BCUT2D eigenvalue weighted by Gasteiger charge is -2.26. The molecule has 0 radical (unpaired) electrons. The number of phenols is 1. The number of nitro benzene ring substituents is 1. The first-order chi connectivity index (χ1) is 9.58. The van der Waals surface area contributed by atoms with Gasteiger partial charge in [0.2, 0.25) is 0 Å². The summed E-state index contributed by atoms with van der Waals surface area (Å²) in [4.78, 5) is 12.5. The van der Waals surface area contributed by atoms with Crippen molar-refractivity contribution >= 4 is 17.3 Å². The van der Waals surface area contributed by atoms with Gasteiger partial charge in [0.1, 0.15) is 0 Å². The lowest BCUT2D eigenvalue weighted by Crippen LogP contribution is -2.36. The van der Waals surface area contributed by atoms with E-state index in [0.29, 0.717) is 12.0 Å². The summed E-state index contributed by atoms with van der Waals surface area (Å²) in [6.45, 7) is 4.17. The van der Waals surface area contributed by atoms with Crippen molar-refractivity contribution in [3.05, 3.63) is 32.8 Å². The molecule has 20 heavy (non-hydrogen) atoms. The fourth-order valence-corrected chi connectivity index (χ4v) is 2.52. The second-order valence-corrected chi connectivity index (χ2v) is 5.18. The molecule has 1 heterocycles. The van der Waals surface area contributed by atoms with Gasteiger partial charge in [-0.1, -0.05) is 11.6 Å². The predicted molar refractivity (Wildman–Crippen MR) is 75.4 cm³/mol. The van der Waals surface area contributed by atoms with E-state index < -0.39 is 4.92 Å². The van der Waals surface area contributed by atoms with E-state index in [-0.39, 0.29) is 16.5 Å². The molecule has 0 saturated carbocycles. The Balaban J connectivity index is 1.96. The molecule has 0 aliphatic carbocycles. The Morgan fingerprint density at radius 2 is 2.10 bits per heavy atom. The second kappa shape index (κ2) is 6.88. The second-order valence-electron chi connectivity index (χ2n) is 4.75. The minimum absolute atomic E-state index is 0.274. The Bertz CT molecular complexity index is 490. The summed E-state index contributed by atoms with van der Waals surface area (Å²) in [6, 6.07) is 2.76. The molecule has 0 aromatic heterocycles. The molecule has 0 bridgehead atoms. The standard InChI is InChI=1S/C13H17ClN2O4/c14-11-8-10(13(17)12(9-11)16(18)19)2-1-3-15-4-6-20-7-5-15/h8-9,17H,1-7H2. The van der Waals surface area contributed by atoms with E-state index in [1.165, 1.54) is 6.07 Å². The maximum Gasteiger partial charge on any atom is 0.312 e. The van der Waals surface area contributed by atoms with E-state index in [0.717, 1.165) is 39.3 Å². The fourth-order valence-electron chi connectivity index (χ4n) is 2.29. The topological polar surface area (TPSA) is 75.8 Å². The smallest absolute Gasteiger partial charge is 0.312 e. The third-order valence-corrected chi connectivity index (χ3v) is 3.57. The molecule has 1 aromatic rings. The summed E-state index contributed by atoms with van der Waals surface area (Å²) in [5.74, 6) is -0.277. The minimum Gasteiger partial charge on any atom is -0.502 e. The van der Waals surface area contributed by atoms with Crippen molar-refractivity contribution in [2.24, 2.45) is 0 Å². The molecule has 7 heteroatoms. The molecule has 1 aliphatic rings. The van der Waals surface area contributed by atoms with Crippen LogP contribution in [0.15, 0.2) is 12.1 Å². The number of morpholine rings is 1. The summed E-state index contributed by atoms with van der Waals surface area (Å²) in [7, 11) is 0. The van der Waals surface area contributed by atoms with Crippen LogP contribution in [-0.2, 0) is 11.2 Å². The largest absolute Gasteiger partial charge is 0.502 e. The number of aromatic hydroxyl groups is 1. The Morgan fingerprint density at radius 1 is 1.40 bits per heavy atom. The lowest BCUT2D eigenvalue weighted by atomic mass is 10.1. The Labute approximate surface area is 122 Å². The number of ether oxygens (including phenoxy) is 1. The van der Waals surface area contributed by atoms with Gasteiger partial charge in [-0.25, -0.2) is 0 Å². The summed E-state index contributed by atoms with van der Waals surface area (Å²) in [5, 5.41) is 21.0. The summed E-state index contributed by atoms with van der Waals surface area (Å²) < 4.78 is 5.27. The first-order valence-corrected chi connectivity index (χ1v) is 6.91. The van der Waals surface area contributed by atoms with Crippen molar-refractivity contribution in [3.63, 3.8) is 0 Å². The third-order valence-electron chi connectivity index (χ3n) is 3.35. The van der Waals surface area contributed by atoms with Crippen LogP contribution in [-0.4, -0.2) is 47.8 Å². The number of hydrogen-bond donors (Lipinski definition) is 1. The number of halogens is 1. The number of benzene rings is 1. The van der Waals surface area contributed by atoms with Gasteiger partial charge in [0.25, 0.3) is 0 Å². The minimum atomic E-state index is -0.618. The van der Waals surface area contributed by atoms with Crippen LogP contribution < -0.4 is 0 Å². The molecule has 1 aliphatic heterocycles.